The number of piperidine rings is 1. The highest BCUT2D eigenvalue weighted by atomic mass is 19.1. The van der Waals surface area contributed by atoms with Crippen LogP contribution in [0, 0.1) is 12.7 Å². The first-order valence-corrected chi connectivity index (χ1v) is 12.2. The van der Waals surface area contributed by atoms with E-state index in [4.69, 9.17) is 15.2 Å². The van der Waals surface area contributed by atoms with Gasteiger partial charge in [0.05, 0.1) is 18.0 Å². The molecule has 2 aromatic heterocycles. The van der Waals surface area contributed by atoms with Gasteiger partial charge >= 0.3 is 0 Å². The van der Waals surface area contributed by atoms with Crippen molar-refractivity contribution in [3.05, 3.63) is 53.6 Å². The molecule has 2 aliphatic rings. The molecule has 0 saturated carbocycles. The minimum absolute atomic E-state index is 0.110. The number of nitrogens with zero attached hydrogens (tertiary/aromatic N) is 2. The number of rotatable bonds is 7. The van der Waals surface area contributed by atoms with Crippen LogP contribution in [0.3, 0.4) is 0 Å². The summed E-state index contributed by atoms with van der Waals surface area (Å²) in [7, 11) is 0. The number of carbonyl (C=O) groups excluding carboxylic acids is 1. The van der Waals surface area contributed by atoms with E-state index in [1.165, 1.54) is 6.07 Å². The van der Waals surface area contributed by atoms with Crippen molar-refractivity contribution in [2.75, 3.05) is 26.3 Å². The Morgan fingerprint density at radius 1 is 1.31 bits per heavy atom. The van der Waals surface area contributed by atoms with E-state index in [2.05, 4.69) is 20.2 Å². The van der Waals surface area contributed by atoms with E-state index in [1.54, 1.807) is 24.4 Å². The Bertz CT molecular complexity index is 1180. The maximum atomic E-state index is 14.8. The van der Waals surface area contributed by atoms with Crippen LogP contribution in [0.1, 0.15) is 30.4 Å². The van der Waals surface area contributed by atoms with Crippen LogP contribution in [0.15, 0.2) is 36.7 Å². The summed E-state index contributed by atoms with van der Waals surface area (Å²) in [6.07, 6.45) is 6.59. The van der Waals surface area contributed by atoms with Gasteiger partial charge in [0.15, 0.2) is 11.6 Å². The zero-order chi connectivity index (χ0) is 24.4. The molecule has 0 radical (unpaired) electrons. The van der Waals surface area contributed by atoms with Crippen LogP contribution in [0.4, 0.5) is 4.39 Å². The number of aromatic amines is 1. The number of fused-ring (bicyclic) bond motifs is 1. The molecule has 1 aromatic carbocycles. The first-order valence-electron chi connectivity index (χ1n) is 12.2. The SMILES string of the molecule is Cc1c[nH]c2nccc(Oc3ccc(CC(N)C(=O)NC4CCN(C5CCOC5)CC4)cc3F)c12. The predicted octanol–water partition coefficient (Wildman–Crippen LogP) is 3.04. The lowest BCUT2D eigenvalue weighted by Gasteiger charge is -2.35. The number of carbonyl (C=O) groups is 1. The van der Waals surface area contributed by atoms with E-state index < -0.39 is 11.9 Å². The van der Waals surface area contributed by atoms with Crippen molar-refractivity contribution in [3.63, 3.8) is 0 Å². The number of ether oxygens (including phenoxy) is 2. The number of likely N-dealkylation sites (tertiary alicyclic amines) is 1. The van der Waals surface area contributed by atoms with Crippen molar-refractivity contribution in [2.24, 2.45) is 5.73 Å². The van der Waals surface area contributed by atoms with E-state index in [9.17, 15) is 9.18 Å². The molecule has 5 rings (SSSR count). The third-order valence-corrected chi connectivity index (χ3v) is 7.04. The third-order valence-electron chi connectivity index (χ3n) is 7.04. The van der Waals surface area contributed by atoms with Gasteiger partial charge < -0.3 is 25.5 Å². The fourth-order valence-corrected chi connectivity index (χ4v) is 5.01. The molecule has 0 spiro atoms. The molecule has 35 heavy (non-hydrogen) atoms. The van der Waals surface area contributed by atoms with Crippen LogP contribution in [0.5, 0.6) is 11.5 Å². The van der Waals surface area contributed by atoms with Crippen LogP contribution >= 0.6 is 0 Å². The van der Waals surface area contributed by atoms with Crippen LogP contribution in [-0.4, -0.2) is 65.2 Å². The minimum atomic E-state index is -0.746. The summed E-state index contributed by atoms with van der Waals surface area (Å²) < 4.78 is 26.2. The molecule has 2 aliphatic heterocycles. The van der Waals surface area contributed by atoms with Crippen molar-refractivity contribution in [1.29, 1.82) is 0 Å². The van der Waals surface area contributed by atoms with Gasteiger partial charge in [-0.05, 0) is 61.9 Å². The Labute approximate surface area is 204 Å². The van der Waals surface area contributed by atoms with Gasteiger partial charge in [-0.1, -0.05) is 6.07 Å². The first-order chi connectivity index (χ1) is 17.0. The van der Waals surface area contributed by atoms with E-state index in [0.717, 1.165) is 56.5 Å². The standard InChI is InChI=1S/C26H32FN5O3/c1-16-14-30-25-24(16)23(4-8-29-25)35-22-3-2-17(12-20(22)27)13-21(28)26(33)31-18-5-9-32(10-6-18)19-7-11-34-15-19/h2-4,8,12,14,18-19,21H,5-7,9-11,13,15,28H2,1H3,(H,29,30)(H,31,33). The van der Waals surface area contributed by atoms with Crippen molar-refractivity contribution in [3.8, 4) is 11.5 Å². The average Bonchev–Trinajstić information content (AvgIpc) is 3.52. The van der Waals surface area contributed by atoms with Crippen molar-refractivity contribution in [2.45, 2.75) is 50.7 Å². The quantitative estimate of drug-likeness (QED) is 0.479. The summed E-state index contributed by atoms with van der Waals surface area (Å²) in [6.45, 7) is 5.48. The topological polar surface area (TPSA) is 106 Å². The summed E-state index contributed by atoms with van der Waals surface area (Å²) in [4.78, 5) is 22.5. The maximum absolute atomic E-state index is 14.8. The smallest absolute Gasteiger partial charge is 0.237 e. The number of H-pyrrole nitrogens is 1. The fraction of sp³-hybridized carbons (Fsp3) is 0.462. The van der Waals surface area contributed by atoms with Gasteiger partial charge in [-0.2, -0.15) is 0 Å². The molecular weight excluding hydrogens is 449 g/mol. The van der Waals surface area contributed by atoms with Crippen LogP contribution in [0.2, 0.25) is 0 Å². The molecule has 4 N–H and O–H groups in total. The van der Waals surface area contributed by atoms with Gasteiger partial charge in [0, 0.05) is 44.2 Å². The lowest BCUT2D eigenvalue weighted by Crippen LogP contribution is -2.51. The first kappa shape index (κ1) is 23.7. The largest absolute Gasteiger partial charge is 0.453 e. The third kappa shape index (κ3) is 5.32. The molecule has 2 unspecified atom stereocenters. The Balaban J connectivity index is 1.15. The fourth-order valence-electron chi connectivity index (χ4n) is 5.01. The van der Waals surface area contributed by atoms with Gasteiger partial charge in [-0.3, -0.25) is 9.69 Å². The summed E-state index contributed by atoms with van der Waals surface area (Å²) >= 11 is 0. The lowest BCUT2D eigenvalue weighted by atomic mass is 10.0. The highest BCUT2D eigenvalue weighted by molar-refractivity contribution is 5.86. The summed E-state index contributed by atoms with van der Waals surface area (Å²) in [5.74, 6) is -0.0608. The Hall–Kier alpha value is -3.01. The summed E-state index contributed by atoms with van der Waals surface area (Å²) in [6, 6.07) is 6.29. The Morgan fingerprint density at radius 3 is 2.89 bits per heavy atom. The predicted molar refractivity (Wildman–Crippen MR) is 131 cm³/mol. The highest BCUT2D eigenvalue weighted by Gasteiger charge is 2.29. The average molecular weight is 482 g/mol. The number of aromatic nitrogens is 2. The van der Waals surface area contributed by atoms with Gasteiger partial charge in [-0.15, -0.1) is 0 Å². The second kappa shape index (κ2) is 10.3. The van der Waals surface area contributed by atoms with Crippen molar-refractivity contribution in [1.82, 2.24) is 20.2 Å². The molecule has 186 valence electrons. The van der Waals surface area contributed by atoms with Crippen LogP contribution in [0.25, 0.3) is 11.0 Å². The second-order valence-electron chi connectivity index (χ2n) is 9.52. The van der Waals surface area contributed by atoms with E-state index in [1.807, 2.05) is 13.1 Å². The molecule has 3 aromatic rings. The number of hydrogen-bond acceptors (Lipinski definition) is 6. The van der Waals surface area contributed by atoms with E-state index in [0.29, 0.717) is 23.0 Å². The zero-order valence-corrected chi connectivity index (χ0v) is 19.9. The van der Waals surface area contributed by atoms with Gasteiger partial charge in [0.1, 0.15) is 11.4 Å². The minimum Gasteiger partial charge on any atom is -0.453 e. The maximum Gasteiger partial charge on any atom is 0.237 e. The Morgan fingerprint density at radius 2 is 2.14 bits per heavy atom. The molecule has 8 nitrogen and oxygen atoms in total. The molecule has 2 fully saturated rings. The molecule has 4 heterocycles. The number of benzene rings is 1. The van der Waals surface area contributed by atoms with Crippen LogP contribution in [-0.2, 0) is 16.0 Å². The summed E-state index contributed by atoms with van der Waals surface area (Å²) in [5.41, 5.74) is 8.47. The molecule has 1 amide bonds. The lowest BCUT2D eigenvalue weighted by molar-refractivity contribution is -0.123. The van der Waals surface area contributed by atoms with Crippen LogP contribution < -0.4 is 15.8 Å². The number of nitrogens with two attached hydrogens (primary N) is 1. The number of hydrogen-bond donors (Lipinski definition) is 3. The highest BCUT2D eigenvalue weighted by Crippen LogP contribution is 2.32. The molecule has 2 saturated heterocycles. The number of nitrogens with one attached hydrogen (secondary N) is 2. The molecule has 9 heteroatoms. The van der Waals surface area contributed by atoms with Gasteiger partial charge in [0.25, 0.3) is 0 Å². The number of aryl methyl sites for hydroxylation is 1. The summed E-state index contributed by atoms with van der Waals surface area (Å²) in [5, 5.41) is 3.90. The number of halogens is 1. The van der Waals surface area contributed by atoms with E-state index in [-0.39, 0.29) is 24.1 Å². The molecule has 0 aliphatic carbocycles. The van der Waals surface area contributed by atoms with E-state index >= 15 is 0 Å². The zero-order valence-electron chi connectivity index (χ0n) is 19.9. The normalized spacial score (nSPS) is 20.3. The monoisotopic (exact) mass is 481 g/mol. The van der Waals surface area contributed by atoms with Gasteiger partial charge in [0.2, 0.25) is 5.91 Å². The molecular formula is C26H32FN5O3. The Kier molecular flexibility index (Phi) is 6.99. The van der Waals surface area contributed by atoms with Crippen molar-refractivity contribution < 1.29 is 18.7 Å². The molecule has 2 atom stereocenters. The van der Waals surface area contributed by atoms with Crippen molar-refractivity contribution >= 4 is 16.9 Å². The molecule has 0 bridgehead atoms. The number of pyridine rings is 1. The second-order valence-corrected chi connectivity index (χ2v) is 9.52. The number of amides is 1. The van der Waals surface area contributed by atoms with Gasteiger partial charge in [-0.25, -0.2) is 9.37 Å².